The number of nitrogens with two attached hydrogens (primary N) is 1. The van der Waals surface area contributed by atoms with Crippen LogP contribution >= 0.6 is 15.9 Å². The van der Waals surface area contributed by atoms with E-state index in [1.54, 1.807) is 6.07 Å². The van der Waals surface area contributed by atoms with Crippen molar-refractivity contribution in [3.05, 3.63) is 16.6 Å². The van der Waals surface area contributed by atoms with E-state index < -0.39 is 0 Å². The summed E-state index contributed by atoms with van der Waals surface area (Å²) in [4.78, 5) is 0. The number of nitrogen functional groups attached to an aromatic ring is 1. The van der Waals surface area contributed by atoms with Gasteiger partial charge in [-0.25, -0.2) is 0 Å². The van der Waals surface area contributed by atoms with Crippen molar-refractivity contribution in [1.29, 1.82) is 0 Å². The minimum Gasteiger partial charge on any atom is -0.490 e. The fourth-order valence-electron chi connectivity index (χ4n) is 1.15. The maximum atomic E-state index is 5.80. The Bertz CT molecular complexity index is 315. The number of hydrogen-bond donors (Lipinski definition) is 1. The van der Waals surface area contributed by atoms with Crippen LogP contribution in [0.25, 0.3) is 0 Å². The van der Waals surface area contributed by atoms with Gasteiger partial charge in [0, 0.05) is 4.47 Å². The summed E-state index contributed by atoms with van der Waals surface area (Å²) >= 11 is 3.35. The summed E-state index contributed by atoms with van der Waals surface area (Å²) in [5, 5.41) is 0. The third-order valence-corrected chi connectivity index (χ3v) is 2.09. The van der Waals surface area contributed by atoms with Gasteiger partial charge in [-0.1, -0.05) is 15.9 Å². The van der Waals surface area contributed by atoms with E-state index in [1.165, 1.54) is 0 Å². The molecule has 0 fully saturated rings. The van der Waals surface area contributed by atoms with Crippen LogP contribution in [0.15, 0.2) is 16.6 Å². The lowest BCUT2D eigenvalue weighted by atomic mass is 10.3. The van der Waals surface area contributed by atoms with Crippen molar-refractivity contribution < 1.29 is 9.47 Å². The van der Waals surface area contributed by atoms with Crippen molar-refractivity contribution in [3.8, 4) is 11.5 Å². The van der Waals surface area contributed by atoms with Crippen molar-refractivity contribution in [2.75, 3.05) is 18.9 Å². The first-order chi connectivity index (χ1) is 6.69. The van der Waals surface area contributed by atoms with Crippen LogP contribution in [0, 0.1) is 0 Å². The van der Waals surface area contributed by atoms with Crippen LogP contribution in [0.4, 0.5) is 5.69 Å². The molecular formula is C10H14BrNO2. The Hall–Kier alpha value is -0.900. The lowest BCUT2D eigenvalue weighted by molar-refractivity contribution is 0.289. The molecule has 0 aliphatic rings. The van der Waals surface area contributed by atoms with Gasteiger partial charge in [-0.05, 0) is 26.0 Å². The molecule has 0 saturated carbocycles. The molecule has 78 valence electrons. The van der Waals surface area contributed by atoms with Gasteiger partial charge in [0.1, 0.15) is 0 Å². The van der Waals surface area contributed by atoms with E-state index in [9.17, 15) is 0 Å². The Labute approximate surface area is 92.3 Å². The first-order valence-corrected chi connectivity index (χ1v) is 5.33. The Kier molecular flexibility index (Phi) is 4.07. The van der Waals surface area contributed by atoms with Crippen LogP contribution in [0.1, 0.15) is 13.8 Å². The smallest absolute Gasteiger partial charge is 0.184 e. The van der Waals surface area contributed by atoms with Gasteiger partial charge in [0.2, 0.25) is 0 Å². The molecule has 4 heteroatoms. The van der Waals surface area contributed by atoms with Crippen LogP contribution in [-0.2, 0) is 0 Å². The fraction of sp³-hybridized carbons (Fsp3) is 0.400. The van der Waals surface area contributed by atoms with Crippen molar-refractivity contribution in [2.45, 2.75) is 13.8 Å². The van der Waals surface area contributed by atoms with Gasteiger partial charge in [-0.3, -0.25) is 0 Å². The highest BCUT2D eigenvalue weighted by Crippen LogP contribution is 2.36. The topological polar surface area (TPSA) is 44.5 Å². The minimum absolute atomic E-state index is 0.575. The fourth-order valence-corrected chi connectivity index (χ4v) is 1.60. The number of rotatable bonds is 4. The quantitative estimate of drug-likeness (QED) is 0.846. The molecular weight excluding hydrogens is 246 g/mol. The Morgan fingerprint density at radius 3 is 2.43 bits per heavy atom. The van der Waals surface area contributed by atoms with E-state index in [2.05, 4.69) is 15.9 Å². The molecule has 0 amide bonds. The number of hydrogen-bond acceptors (Lipinski definition) is 3. The standard InChI is InChI=1S/C10H14BrNO2/c1-3-13-9-6-7(11)5-8(12)10(9)14-4-2/h5-6H,3-4,12H2,1-2H3. The maximum absolute atomic E-state index is 5.80. The molecule has 1 aromatic rings. The molecule has 1 aromatic carbocycles. The molecule has 0 aliphatic heterocycles. The molecule has 0 aliphatic carbocycles. The molecule has 1 rings (SSSR count). The molecule has 2 N–H and O–H groups in total. The monoisotopic (exact) mass is 259 g/mol. The average molecular weight is 260 g/mol. The normalized spacial score (nSPS) is 9.93. The number of halogens is 1. The SMILES string of the molecule is CCOc1cc(Br)cc(N)c1OCC. The Morgan fingerprint density at radius 2 is 1.86 bits per heavy atom. The van der Waals surface area contributed by atoms with Crippen LogP contribution in [0.5, 0.6) is 11.5 Å². The van der Waals surface area contributed by atoms with Crippen molar-refractivity contribution in [1.82, 2.24) is 0 Å². The van der Waals surface area contributed by atoms with Gasteiger partial charge >= 0.3 is 0 Å². The van der Waals surface area contributed by atoms with Gasteiger partial charge in [0.25, 0.3) is 0 Å². The van der Waals surface area contributed by atoms with Gasteiger partial charge in [0.15, 0.2) is 11.5 Å². The van der Waals surface area contributed by atoms with Crippen molar-refractivity contribution in [2.24, 2.45) is 0 Å². The van der Waals surface area contributed by atoms with Gasteiger partial charge < -0.3 is 15.2 Å². The largest absolute Gasteiger partial charge is 0.490 e. The third-order valence-electron chi connectivity index (χ3n) is 1.64. The summed E-state index contributed by atoms with van der Waals surface area (Å²) in [7, 11) is 0. The minimum atomic E-state index is 0.575. The van der Waals surface area contributed by atoms with Gasteiger partial charge in [-0.2, -0.15) is 0 Å². The van der Waals surface area contributed by atoms with Gasteiger partial charge in [-0.15, -0.1) is 0 Å². The van der Waals surface area contributed by atoms with Gasteiger partial charge in [0.05, 0.1) is 18.9 Å². The predicted octanol–water partition coefficient (Wildman–Crippen LogP) is 2.83. The van der Waals surface area contributed by atoms with Crippen LogP contribution in [0.2, 0.25) is 0 Å². The predicted molar refractivity (Wildman–Crippen MR) is 60.9 cm³/mol. The molecule has 0 saturated heterocycles. The lowest BCUT2D eigenvalue weighted by Gasteiger charge is -2.13. The highest BCUT2D eigenvalue weighted by atomic mass is 79.9. The molecule has 0 spiro atoms. The number of anilines is 1. The zero-order valence-corrected chi connectivity index (χ0v) is 9.93. The average Bonchev–Trinajstić information content (AvgIpc) is 2.11. The zero-order chi connectivity index (χ0) is 10.6. The van der Waals surface area contributed by atoms with Crippen LogP contribution in [0.3, 0.4) is 0 Å². The Balaban J connectivity index is 3.07. The lowest BCUT2D eigenvalue weighted by Crippen LogP contribution is -2.01. The van der Waals surface area contributed by atoms with Crippen LogP contribution < -0.4 is 15.2 Å². The summed E-state index contributed by atoms with van der Waals surface area (Å²) in [6.07, 6.45) is 0. The summed E-state index contributed by atoms with van der Waals surface area (Å²) < 4.78 is 11.7. The van der Waals surface area contributed by atoms with E-state index in [0.717, 1.165) is 4.47 Å². The first-order valence-electron chi connectivity index (χ1n) is 4.53. The molecule has 0 unspecified atom stereocenters. The molecule has 0 atom stereocenters. The molecule has 0 bridgehead atoms. The summed E-state index contributed by atoms with van der Waals surface area (Å²) in [6.45, 7) is 5.01. The third kappa shape index (κ3) is 2.54. The van der Waals surface area contributed by atoms with E-state index in [4.69, 9.17) is 15.2 Å². The highest BCUT2D eigenvalue weighted by Gasteiger charge is 2.09. The summed E-state index contributed by atoms with van der Waals surface area (Å²) in [5.41, 5.74) is 6.39. The number of benzene rings is 1. The molecule has 14 heavy (non-hydrogen) atoms. The molecule has 0 radical (unpaired) electrons. The maximum Gasteiger partial charge on any atom is 0.184 e. The van der Waals surface area contributed by atoms with E-state index in [1.807, 2.05) is 19.9 Å². The van der Waals surface area contributed by atoms with Crippen molar-refractivity contribution in [3.63, 3.8) is 0 Å². The highest BCUT2D eigenvalue weighted by molar-refractivity contribution is 9.10. The zero-order valence-electron chi connectivity index (χ0n) is 8.34. The molecule has 0 aromatic heterocycles. The second-order valence-corrected chi connectivity index (χ2v) is 3.60. The molecule has 3 nitrogen and oxygen atoms in total. The van der Waals surface area contributed by atoms with E-state index >= 15 is 0 Å². The van der Waals surface area contributed by atoms with Crippen LogP contribution in [-0.4, -0.2) is 13.2 Å². The van der Waals surface area contributed by atoms with Crippen molar-refractivity contribution >= 4 is 21.6 Å². The second-order valence-electron chi connectivity index (χ2n) is 2.69. The van der Waals surface area contributed by atoms with E-state index in [-0.39, 0.29) is 0 Å². The Morgan fingerprint density at radius 1 is 1.21 bits per heavy atom. The number of ether oxygens (including phenoxy) is 2. The first kappa shape index (κ1) is 11.2. The molecule has 0 heterocycles. The summed E-state index contributed by atoms with van der Waals surface area (Å²) in [6, 6.07) is 3.65. The summed E-state index contributed by atoms with van der Waals surface area (Å²) in [5.74, 6) is 1.30. The van der Waals surface area contributed by atoms with E-state index in [0.29, 0.717) is 30.4 Å². The second kappa shape index (κ2) is 5.10.